The molecule has 0 aromatic heterocycles. The minimum atomic E-state index is -0.329. The van der Waals surface area contributed by atoms with Gasteiger partial charge in [-0.15, -0.1) is 11.8 Å². The standard InChI is InChI=1S/C18H16ClFN2O3S/c19-15-7-14(21-17(23)8-22-11-26-10-18(22)24)4-5-16(15)25-9-12-2-1-3-13(20)6-12/h1-7H,8-11H2,(H,21,23). The van der Waals surface area contributed by atoms with Gasteiger partial charge in [0, 0.05) is 5.69 Å². The molecule has 2 aromatic rings. The molecule has 1 saturated heterocycles. The number of nitrogens with one attached hydrogen (secondary N) is 1. The molecule has 2 amide bonds. The van der Waals surface area contributed by atoms with Gasteiger partial charge in [0.2, 0.25) is 11.8 Å². The fourth-order valence-electron chi connectivity index (χ4n) is 2.40. The molecule has 0 radical (unpaired) electrons. The third-order valence-corrected chi connectivity index (χ3v) is 4.90. The van der Waals surface area contributed by atoms with Crippen molar-refractivity contribution in [2.75, 3.05) is 23.5 Å². The Hall–Kier alpha value is -2.25. The van der Waals surface area contributed by atoms with Crippen molar-refractivity contribution in [3.05, 3.63) is 58.9 Å². The Morgan fingerprint density at radius 3 is 2.85 bits per heavy atom. The zero-order valence-electron chi connectivity index (χ0n) is 13.7. The highest BCUT2D eigenvalue weighted by atomic mass is 35.5. The first-order valence-corrected chi connectivity index (χ1v) is 9.37. The van der Waals surface area contributed by atoms with E-state index in [0.29, 0.717) is 33.7 Å². The summed E-state index contributed by atoms with van der Waals surface area (Å²) in [7, 11) is 0. The third-order valence-electron chi connectivity index (χ3n) is 3.66. The van der Waals surface area contributed by atoms with Crippen molar-refractivity contribution in [1.82, 2.24) is 4.90 Å². The number of benzene rings is 2. The van der Waals surface area contributed by atoms with Crippen LogP contribution in [0.2, 0.25) is 5.02 Å². The summed E-state index contributed by atoms with van der Waals surface area (Å²) in [4.78, 5) is 25.1. The molecule has 8 heteroatoms. The van der Waals surface area contributed by atoms with Crippen molar-refractivity contribution in [3.8, 4) is 5.75 Å². The molecule has 5 nitrogen and oxygen atoms in total. The molecule has 136 valence electrons. The number of thioether (sulfide) groups is 1. The Bertz CT molecular complexity index is 834. The minimum absolute atomic E-state index is 0.0152. The second kappa shape index (κ2) is 8.42. The summed E-state index contributed by atoms with van der Waals surface area (Å²) in [5.74, 6) is 0.718. The molecule has 1 fully saturated rings. The second-order valence-corrected chi connectivity index (χ2v) is 7.04. The van der Waals surface area contributed by atoms with Crippen LogP contribution in [0.1, 0.15) is 5.56 Å². The second-order valence-electron chi connectivity index (χ2n) is 5.68. The van der Waals surface area contributed by atoms with Gasteiger partial charge in [0.1, 0.15) is 24.7 Å². The SMILES string of the molecule is O=C(CN1CSCC1=O)Nc1ccc(OCc2cccc(F)c2)c(Cl)c1. The maximum absolute atomic E-state index is 13.2. The predicted molar refractivity (Wildman–Crippen MR) is 99.9 cm³/mol. The van der Waals surface area contributed by atoms with Crippen molar-refractivity contribution in [2.45, 2.75) is 6.61 Å². The predicted octanol–water partition coefficient (Wildman–Crippen LogP) is 3.53. The average Bonchev–Trinajstić information content (AvgIpc) is 2.99. The van der Waals surface area contributed by atoms with Gasteiger partial charge >= 0.3 is 0 Å². The Balaban J connectivity index is 1.56. The number of anilines is 1. The maximum Gasteiger partial charge on any atom is 0.244 e. The highest BCUT2D eigenvalue weighted by Gasteiger charge is 2.22. The molecule has 26 heavy (non-hydrogen) atoms. The lowest BCUT2D eigenvalue weighted by Crippen LogP contribution is -2.34. The van der Waals surface area contributed by atoms with Gasteiger partial charge in [-0.25, -0.2) is 4.39 Å². The number of carbonyl (C=O) groups is 2. The summed E-state index contributed by atoms with van der Waals surface area (Å²) >= 11 is 7.67. The number of hydrogen-bond acceptors (Lipinski definition) is 4. The highest BCUT2D eigenvalue weighted by molar-refractivity contribution is 8.00. The van der Waals surface area contributed by atoms with E-state index in [9.17, 15) is 14.0 Å². The molecule has 0 unspecified atom stereocenters. The van der Waals surface area contributed by atoms with Crippen molar-refractivity contribution < 1.29 is 18.7 Å². The lowest BCUT2D eigenvalue weighted by molar-refractivity contribution is -0.130. The van der Waals surface area contributed by atoms with E-state index in [2.05, 4.69) is 5.32 Å². The molecule has 0 saturated carbocycles. The number of ether oxygens (including phenoxy) is 1. The highest BCUT2D eigenvalue weighted by Crippen LogP contribution is 2.28. The van der Waals surface area contributed by atoms with E-state index in [1.54, 1.807) is 30.3 Å². The Morgan fingerprint density at radius 1 is 1.31 bits per heavy atom. The summed E-state index contributed by atoms with van der Waals surface area (Å²) < 4.78 is 18.8. The van der Waals surface area contributed by atoms with Crippen LogP contribution in [0.5, 0.6) is 5.75 Å². The molecular formula is C18H16ClFN2O3S. The zero-order valence-corrected chi connectivity index (χ0v) is 15.3. The van der Waals surface area contributed by atoms with Crippen molar-refractivity contribution >= 4 is 40.9 Å². The summed E-state index contributed by atoms with van der Waals surface area (Å²) in [6.07, 6.45) is 0. The van der Waals surface area contributed by atoms with Crippen LogP contribution in [0.25, 0.3) is 0 Å². The van der Waals surface area contributed by atoms with Crippen molar-refractivity contribution in [3.63, 3.8) is 0 Å². The molecule has 0 aliphatic carbocycles. The zero-order chi connectivity index (χ0) is 18.5. The first kappa shape index (κ1) is 18.5. The number of carbonyl (C=O) groups excluding carboxylic acids is 2. The number of hydrogen-bond donors (Lipinski definition) is 1. The van der Waals surface area contributed by atoms with Crippen LogP contribution in [0.3, 0.4) is 0 Å². The van der Waals surface area contributed by atoms with Crippen LogP contribution in [0.15, 0.2) is 42.5 Å². The molecule has 2 aromatic carbocycles. The van der Waals surface area contributed by atoms with Crippen LogP contribution >= 0.6 is 23.4 Å². The van der Waals surface area contributed by atoms with E-state index in [4.69, 9.17) is 16.3 Å². The first-order chi connectivity index (χ1) is 12.5. The number of amides is 2. The van der Waals surface area contributed by atoms with Gasteiger partial charge in [-0.3, -0.25) is 9.59 Å². The fraction of sp³-hybridized carbons (Fsp3) is 0.222. The van der Waals surface area contributed by atoms with E-state index >= 15 is 0 Å². The lowest BCUT2D eigenvalue weighted by Gasteiger charge is -2.15. The van der Waals surface area contributed by atoms with Crippen LogP contribution < -0.4 is 10.1 Å². The molecule has 1 aliphatic rings. The Kier molecular flexibility index (Phi) is 6.00. The van der Waals surface area contributed by atoms with E-state index in [1.165, 1.54) is 28.8 Å². The monoisotopic (exact) mass is 394 g/mol. The summed E-state index contributed by atoms with van der Waals surface area (Å²) in [6.45, 7) is 0.194. The van der Waals surface area contributed by atoms with Gasteiger partial charge < -0.3 is 15.0 Å². The molecule has 0 bridgehead atoms. The quantitative estimate of drug-likeness (QED) is 0.814. The molecular weight excluding hydrogens is 379 g/mol. The molecule has 1 N–H and O–H groups in total. The molecule has 1 heterocycles. The van der Waals surface area contributed by atoms with Gasteiger partial charge in [0.05, 0.1) is 16.7 Å². The van der Waals surface area contributed by atoms with Gasteiger partial charge in [0.25, 0.3) is 0 Å². The van der Waals surface area contributed by atoms with Gasteiger partial charge in [-0.1, -0.05) is 23.7 Å². The average molecular weight is 395 g/mol. The van der Waals surface area contributed by atoms with Gasteiger partial charge in [-0.05, 0) is 35.9 Å². The van der Waals surface area contributed by atoms with Crippen LogP contribution in [0.4, 0.5) is 10.1 Å². The van der Waals surface area contributed by atoms with Crippen molar-refractivity contribution in [1.29, 1.82) is 0 Å². The van der Waals surface area contributed by atoms with E-state index in [1.807, 2.05) is 0 Å². The summed E-state index contributed by atoms with van der Waals surface area (Å²) in [5.41, 5.74) is 1.20. The van der Waals surface area contributed by atoms with Crippen molar-refractivity contribution in [2.24, 2.45) is 0 Å². The summed E-state index contributed by atoms with van der Waals surface area (Å²) in [6, 6.07) is 11.0. The normalized spacial score (nSPS) is 13.8. The van der Waals surface area contributed by atoms with Crippen LogP contribution in [0, 0.1) is 5.82 Å². The topological polar surface area (TPSA) is 58.6 Å². The molecule has 0 spiro atoms. The Morgan fingerprint density at radius 2 is 2.15 bits per heavy atom. The lowest BCUT2D eigenvalue weighted by atomic mass is 10.2. The Labute approximate surface area is 159 Å². The molecule has 1 aliphatic heterocycles. The summed E-state index contributed by atoms with van der Waals surface area (Å²) in [5, 5.41) is 3.03. The van der Waals surface area contributed by atoms with E-state index in [0.717, 1.165) is 0 Å². The first-order valence-electron chi connectivity index (χ1n) is 7.83. The molecule has 0 atom stereocenters. The van der Waals surface area contributed by atoms with E-state index < -0.39 is 0 Å². The van der Waals surface area contributed by atoms with Crippen LogP contribution in [-0.4, -0.2) is 34.9 Å². The third kappa shape index (κ3) is 4.89. The number of rotatable bonds is 6. The van der Waals surface area contributed by atoms with Crippen LogP contribution in [-0.2, 0) is 16.2 Å². The maximum atomic E-state index is 13.2. The number of nitrogens with zero attached hydrogens (tertiary/aromatic N) is 1. The molecule has 3 rings (SSSR count). The number of halogens is 2. The largest absolute Gasteiger partial charge is 0.487 e. The fourth-order valence-corrected chi connectivity index (χ4v) is 3.54. The van der Waals surface area contributed by atoms with E-state index in [-0.39, 0.29) is 30.8 Å². The smallest absolute Gasteiger partial charge is 0.244 e. The minimum Gasteiger partial charge on any atom is -0.487 e. The van der Waals surface area contributed by atoms with Gasteiger partial charge in [-0.2, -0.15) is 0 Å². The van der Waals surface area contributed by atoms with Gasteiger partial charge in [0.15, 0.2) is 0 Å².